The molecule has 1 aliphatic carbocycles. The molecule has 1 saturated carbocycles. The van der Waals surface area contributed by atoms with Crippen molar-refractivity contribution in [2.75, 3.05) is 51.9 Å². The number of aromatic nitrogens is 8. The minimum atomic E-state index is -3.18. The number of hydrogen-bond donors (Lipinski definition) is 1. The van der Waals surface area contributed by atoms with Crippen molar-refractivity contribution >= 4 is 23.2 Å². The van der Waals surface area contributed by atoms with Gasteiger partial charge in [0.2, 0.25) is 5.95 Å². The summed E-state index contributed by atoms with van der Waals surface area (Å²) in [4.78, 5) is 11.5. The molecular weight excluding hydrogens is 650 g/mol. The minimum Gasteiger partial charge on any atom is -0.487 e. The van der Waals surface area contributed by atoms with Crippen LogP contribution in [0.25, 0.3) is 11.1 Å². The van der Waals surface area contributed by atoms with Crippen LogP contribution in [0.4, 0.5) is 20.4 Å². The molecule has 3 aromatic heterocycles. The third kappa shape index (κ3) is 8.72. The first-order valence-corrected chi connectivity index (χ1v) is 16.3. The van der Waals surface area contributed by atoms with Gasteiger partial charge in [-0.3, -0.25) is 9.58 Å². The molecule has 0 bridgehead atoms. The molecule has 48 heavy (non-hydrogen) atoms. The van der Waals surface area contributed by atoms with Crippen molar-refractivity contribution in [3.05, 3.63) is 48.1 Å². The third-order valence-electron chi connectivity index (χ3n) is 8.40. The molecule has 17 heteroatoms. The van der Waals surface area contributed by atoms with Crippen LogP contribution in [0.1, 0.15) is 38.6 Å². The van der Waals surface area contributed by atoms with Gasteiger partial charge < -0.3 is 24.3 Å². The lowest BCUT2D eigenvalue weighted by Crippen LogP contribution is -2.45. The molecule has 1 N–H and O–H groups in total. The number of rotatable bonds is 14. The Morgan fingerprint density at radius 2 is 1.81 bits per heavy atom. The van der Waals surface area contributed by atoms with E-state index in [2.05, 4.69) is 45.5 Å². The lowest BCUT2D eigenvalue weighted by Gasteiger charge is -2.38. The zero-order chi connectivity index (χ0) is 33.5. The average Bonchev–Trinajstić information content (AvgIpc) is 3.76. The van der Waals surface area contributed by atoms with Gasteiger partial charge in [0, 0.05) is 44.2 Å². The Labute approximate surface area is 281 Å². The number of ether oxygens (including phenoxy) is 4. The molecule has 4 aromatic rings. The van der Waals surface area contributed by atoms with Crippen LogP contribution >= 0.6 is 11.6 Å². The highest BCUT2D eigenvalue weighted by Gasteiger charge is 2.32. The van der Waals surface area contributed by atoms with Crippen LogP contribution in [0.5, 0.6) is 11.6 Å². The van der Waals surface area contributed by atoms with E-state index in [9.17, 15) is 8.78 Å². The molecule has 2 aliphatic rings. The van der Waals surface area contributed by atoms with Crippen LogP contribution in [-0.4, -0.2) is 110 Å². The second kappa shape index (κ2) is 15.5. The molecule has 4 heterocycles. The number of anilines is 2. The van der Waals surface area contributed by atoms with Crippen LogP contribution in [-0.2, 0) is 16.0 Å². The van der Waals surface area contributed by atoms with Gasteiger partial charge in [-0.25, -0.2) is 23.4 Å². The molecular formula is C31H39ClF2N10O4. The fourth-order valence-electron chi connectivity index (χ4n) is 6.03. The average molecular weight is 689 g/mol. The highest BCUT2D eigenvalue weighted by atomic mass is 35.5. The molecule has 0 radical (unpaired) electrons. The fraction of sp³-hybridized carbons (Fsp3) is 0.548. The topological polar surface area (TPSA) is 139 Å². The fourth-order valence-corrected chi connectivity index (χ4v) is 6.19. The molecule has 1 saturated heterocycles. The monoisotopic (exact) mass is 688 g/mol. The quantitative estimate of drug-likeness (QED) is 0.197. The number of nitrogens with one attached hydrogen (secondary N) is 1. The number of alkyl halides is 2. The highest BCUT2D eigenvalue weighted by molar-refractivity contribution is 6.32. The summed E-state index contributed by atoms with van der Waals surface area (Å²) in [7, 11) is 1.22. The molecule has 0 amide bonds. The highest BCUT2D eigenvalue weighted by Crippen LogP contribution is 2.36. The lowest BCUT2D eigenvalue weighted by molar-refractivity contribution is -0.0917. The van der Waals surface area contributed by atoms with Gasteiger partial charge in [0.15, 0.2) is 6.61 Å². The van der Waals surface area contributed by atoms with Crippen LogP contribution < -0.4 is 14.8 Å². The van der Waals surface area contributed by atoms with Crippen LogP contribution in [0.3, 0.4) is 0 Å². The number of morpholine rings is 1. The number of nitrogens with zero attached hydrogens (tertiary/aromatic N) is 9. The van der Waals surface area contributed by atoms with Crippen LogP contribution in [0, 0.1) is 0 Å². The Kier molecular flexibility index (Phi) is 10.9. The van der Waals surface area contributed by atoms with Crippen molar-refractivity contribution in [1.82, 2.24) is 44.9 Å². The van der Waals surface area contributed by atoms with E-state index in [0.29, 0.717) is 29.0 Å². The zero-order valence-electron chi connectivity index (χ0n) is 26.8. The predicted molar refractivity (Wildman–Crippen MR) is 172 cm³/mol. The van der Waals surface area contributed by atoms with Crippen molar-refractivity contribution in [3.63, 3.8) is 0 Å². The summed E-state index contributed by atoms with van der Waals surface area (Å²) < 4.78 is 53.7. The lowest BCUT2D eigenvalue weighted by atomic mass is 9.90. The SMILES string of the molecule is COCC(F)(F)COc1nn([C@H]2CC[C@H](N3CCOCC3)CC2)cc1Nc1ncc(-c2ccc(Cl)c(O[C@@H](C)Cn3cnnn3)c2)cn1. The second-order valence-electron chi connectivity index (χ2n) is 12.0. The van der Waals surface area contributed by atoms with Gasteiger partial charge in [0.05, 0.1) is 37.0 Å². The Bertz CT molecular complexity index is 1600. The molecule has 0 unspecified atom stereocenters. The smallest absolute Gasteiger partial charge is 0.304 e. The van der Waals surface area contributed by atoms with E-state index in [4.69, 9.17) is 25.8 Å². The maximum absolute atomic E-state index is 14.3. The summed E-state index contributed by atoms with van der Waals surface area (Å²) in [6.45, 7) is 4.13. The summed E-state index contributed by atoms with van der Waals surface area (Å²) in [6, 6.07) is 6.02. The van der Waals surface area contributed by atoms with Gasteiger partial charge in [-0.1, -0.05) is 17.7 Å². The minimum absolute atomic E-state index is 0.0454. The van der Waals surface area contributed by atoms with Gasteiger partial charge in [-0.2, -0.15) is 0 Å². The Morgan fingerprint density at radius 3 is 2.52 bits per heavy atom. The van der Waals surface area contributed by atoms with E-state index in [-0.39, 0.29) is 24.0 Å². The molecule has 1 aliphatic heterocycles. The first-order chi connectivity index (χ1) is 23.3. The Balaban J connectivity index is 1.14. The Hall–Kier alpha value is -3.99. The van der Waals surface area contributed by atoms with Gasteiger partial charge in [-0.15, -0.1) is 10.2 Å². The maximum atomic E-state index is 14.3. The van der Waals surface area contributed by atoms with Crippen molar-refractivity contribution in [2.45, 2.75) is 63.3 Å². The predicted octanol–water partition coefficient (Wildman–Crippen LogP) is 4.67. The third-order valence-corrected chi connectivity index (χ3v) is 8.71. The zero-order valence-corrected chi connectivity index (χ0v) is 27.6. The van der Waals surface area contributed by atoms with Crippen molar-refractivity contribution in [1.29, 1.82) is 0 Å². The number of hydrogen-bond acceptors (Lipinski definition) is 12. The van der Waals surface area contributed by atoms with Crippen LogP contribution in [0.15, 0.2) is 43.1 Å². The van der Waals surface area contributed by atoms with Crippen LogP contribution in [0.2, 0.25) is 5.02 Å². The molecule has 14 nitrogen and oxygen atoms in total. The first kappa shape index (κ1) is 33.9. The van der Waals surface area contributed by atoms with Gasteiger partial charge in [0.25, 0.3) is 5.88 Å². The van der Waals surface area contributed by atoms with E-state index in [1.54, 1.807) is 29.3 Å². The van der Waals surface area contributed by atoms with E-state index < -0.39 is 19.1 Å². The summed E-state index contributed by atoms with van der Waals surface area (Å²) in [5, 5.41) is 19.3. The molecule has 258 valence electrons. The number of tetrazole rings is 1. The standard InChI is InChI=1S/C31H39ClF2N10O4/c1-21(16-43-20-37-40-41-43)48-28-13-22(3-8-26(28)32)23-14-35-30(36-15-23)38-27-17-44(39-29(27)47-19-31(33,34)18-45-2)25-6-4-24(5-7-25)42-9-11-46-12-10-42/h3,8,13-15,17,20-21,24-25H,4-7,9-12,16,18-19H2,1-2H3,(H,35,36,38)/t21-,24-,25-/m0/s1. The second-order valence-corrected chi connectivity index (χ2v) is 12.4. The largest absolute Gasteiger partial charge is 0.487 e. The van der Waals surface area contributed by atoms with Crippen molar-refractivity contribution < 1.29 is 27.7 Å². The summed E-state index contributed by atoms with van der Waals surface area (Å²) in [5.74, 6) is -2.39. The summed E-state index contributed by atoms with van der Waals surface area (Å²) in [5.41, 5.74) is 1.91. The molecule has 2 fully saturated rings. The van der Waals surface area contributed by atoms with E-state index in [1.165, 1.54) is 13.4 Å². The number of halogens is 3. The molecule has 6 rings (SSSR count). The normalized spacial score (nSPS) is 19.6. The first-order valence-electron chi connectivity index (χ1n) is 15.9. The summed E-state index contributed by atoms with van der Waals surface area (Å²) >= 11 is 6.42. The van der Waals surface area contributed by atoms with Crippen molar-refractivity contribution in [3.8, 4) is 22.8 Å². The van der Waals surface area contributed by atoms with E-state index in [0.717, 1.165) is 63.1 Å². The maximum Gasteiger partial charge on any atom is 0.304 e. The number of benzene rings is 1. The van der Waals surface area contributed by atoms with E-state index in [1.807, 2.05) is 23.7 Å². The number of methoxy groups -OCH3 is 1. The van der Waals surface area contributed by atoms with Gasteiger partial charge in [-0.05, 0) is 60.7 Å². The van der Waals surface area contributed by atoms with Crippen molar-refractivity contribution in [2.24, 2.45) is 0 Å². The van der Waals surface area contributed by atoms with Gasteiger partial charge in [0.1, 0.15) is 30.5 Å². The van der Waals surface area contributed by atoms with E-state index >= 15 is 0 Å². The molecule has 1 atom stereocenters. The van der Waals surface area contributed by atoms with Gasteiger partial charge >= 0.3 is 5.92 Å². The molecule has 1 aromatic carbocycles. The molecule has 0 spiro atoms. The summed E-state index contributed by atoms with van der Waals surface area (Å²) in [6.07, 6.45) is 10.2. The Morgan fingerprint density at radius 1 is 1.06 bits per heavy atom.